The zero-order valence-electron chi connectivity index (χ0n) is 21.3. The van der Waals surface area contributed by atoms with Crippen molar-refractivity contribution in [3.8, 4) is 30.4 Å². The first-order valence-electron chi connectivity index (χ1n) is 13.2. The Labute approximate surface area is 217 Å². The van der Waals surface area contributed by atoms with E-state index in [4.69, 9.17) is 22.3 Å². The van der Waals surface area contributed by atoms with Crippen molar-refractivity contribution in [1.29, 1.82) is 0 Å². The lowest BCUT2D eigenvalue weighted by Crippen LogP contribution is -2.25. The van der Waals surface area contributed by atoms with E-state index in [1.807, 2.05) is 4.57 Å². The fourth-order valence-corrected chi connectivity index (χ4v) is 6.10. The number of rotatable bonds is 8. The molecule has 2 heterocycles. The summed E-state index contributed by atoms with van der Waals surface area (Å²) in [5, 5.41) is 0.125. The van der Waals surface area contributed by atoms with Gasteiger partial charge in [-0.3, -0.25) is 4.79 Å². The second kappa shape index (κ2) is 10.5. The molecule has 0 spiro atoms. The zero-order chi connectivity index (χ0) is 26.1. The minimum Gasteiger partial charge on any atom is -0.492 e. The van der Waals surface area contributed by atoms with Gasteiger partial charge >= 0.3 is 5.97 Å². The molecule has 0 bridgehead atoms. The molecule has 3 fully saturated rings. The highest BCUT2D eigenvalue weighted by molar-refractivity contribution is 5.97. The third-order valence-electron chi connectivity index (χ3n) is 8.12. The number of hydrogen-bond acceptors (Lipinski definition) is 5. The number of methoxy groups -OCH3 is 1. The topological polar surface area (TPSA) is 60.8 Å². The van der Waals surface area contributed by atoms with E-state index < -0.39 is 17.2 Å². The molecule has 2 saturated carbocycles. The van der Waals surface area contributed by atoms with Crippen molar-refractivity contribution in [1.82, 2.24) is 4.57 Å². The van der Waals surface area contributed by atoms with Crippen molar-refractivity contribution in [3.63, 3.8) is 0 Å². The molecule has 0 radical (unpaired) electrons. The molecule has 1 aromatic carbocycles. The highest BCUT2D eigenvalue weighted by Crippen LogP contribution is 2.46. The van der Waals surface area contributed by atoms with E-state index in [-0.39, 0.29) is 29.5 Å². The van der Waals surface area contributed by atoms with Crippen LogP contribution in [0, 0.1) is 48.3 Å². The third kappa shape index (κ3) is 4.80. The fraction of sp³-hybridized carbons (Fsp3) is 0.533. The average molecular weight is 505 g/mol. The van der Waals surface area contributed by atoms with Gasteiger partial charge in [-0.1, -0.05) is 12.8 Å². The molecule has 1 saturated heterocycles. The number of aromatic nitrogens is 1. The van der Waals surface area contributed by atoms with Crippen LogP contribution in [0.25, 0.3) is 10.9 Å². The van der Waals surface area contributed by atoms with Gasteiger partial charge in [-0.2, -0.15) is 0 Å². The highest BCUT2D eigenvalue weighted by atomic mass is 19.1. The van der Waals surface area contributed by atoms with Crippen LogP contribution in [0.5, 0.6) is 5.75 Å². The summed E-state index contributed by atoms with van der Waals surface area (Å²) in [6, 6.07) is 1.38. The van der Waals surface area contributed by atoms with Crippen LogP contribution in [0.3, 0.4) is 0 Å². The Morgan fingerprint density at radius 2 is 1.78 bits per heavy atom. The molecule has 1 aromatic heterocycles. The molecule has 37 heavy (non-hydrogen) atoms. The van der Waals surface area contributed by atoms with Crippen molar-refractivity contribution < 1.29 is 18.7 Å². The van der Waals surface area contributed by atoms with E-state index in [2.05, 4.69) is 16.7 Å². The fourth-order valence-electron chi connectivity index (χ4n) is 6.10. The van der Waals surface area contributed by atoms with Crippen LogP contribution in [0.2, 0.25) is 0 Å². The van der Waals surface area contributed by atoms with E-state index in [0.29, 0.717) is 41.6 Å². The van der Waals surface area contributed by atoms with Crippen molar-refractivity contribution >= 4 is 22.6 Å². The lowest BCUT2D eigenvalue weighted by Gasteiger charge is -2.25. The highest BCUT2D eigenvalue weighted by Gasteiger charge is 2.38. The molecule has 5 rings (SSSR count). The van der Waals surface area contributed by atoms with Crippen molar-refractivity contribution in [2.24, 2.45) is 17.8 Å². The molecule has 2 aromatic rings. The van der Waals surface area contributed by atoms with Crippen LogP contribution >= 0.6 is 0 Å². The molecular weight excluding hydrogens is 471 g/mol. The second-order valence-corrected chi connectivity index (χ2v) is 10.6. The normalized spacial score (nSPS) is 20.9. The Morgan fingerprint density at radius 1 is 1.14 bits per heavy atom. The molecule has 3 aliphatic rings. The lowest BCUT2D eigenvalue weighted by atomic mass is 9.82. The number of halogens is 1. The number of fused-ring (bicyclic) bond motifs is 2. The summed E-state index contributed by atoms with van der Waals surface area (Å²) in [6.07, 6.45) is 19.7. The van der Waals surface area contributed by atoms with Gasteiger partial charge < -0.3 is 18.9 Å². The predicted molar refractivity (Wildman–Crippen MR) is 141 cm³/mol. The monoisotopic (exact) mass is 504 g/mol. The zero-order valence-corrected chi connectivity index (χ0v) is 21.3. The number of nitrogens with zero attached hydrogens (tertiary/aromatic N) is 2. The molecule has 6 nitrogen and oxygen atoms in total. The Hall–Kier alpha value is -3.45. The molecule has 194 valence electrons. The number of anilines is 1. The first-order valence-corrected chi connectivity index (χ1v) is 13.2. The summed E-state index contributed by atoms with van der Waals surface area (Å²) in [4.78, 5) is 28.6. The van der Waals surface area contributed by atoms with Crippen LogP contribution in [0.1, 0.15) is 67.8 Å². The van der Waals surface area contributed by atoms with E-state index in [9.17, 15) is 9.59 Å². The maximum absolute atomic E-state index is 15.8. The summed E-state index contributed by atoms with van der Waals surface area (Å²) >= 11 is 0. The minimum atomic E-state index is -0.757. The smallest absolute Gasteiger partial charge is 0.343 e. The summed E-state index contributed by atoms with van der Waals surface area (Å²) in [5.41, 5.74) is 0.262. The summed E-state index contributed by atoms with van der Waals surface area (Å²) in [5.74, 6) is 5.10. The van der Waals surface area contributed by atoms with E-state index in [0.717, 1.165) is 25.9 Å². The van der Waals surface area contributed by atoms with Gasteiger partial charge in [0.25, 0.3) is 0 Å². The lowest BCUT2D eigenvalue weighted by molar-refractivity contribution is 0.0442. The Bertz CT molecular complexity index is 1320. The third-order valence-corrected chi connectivity index (χ3v) is 8.12. The first kappa shape index (κ1) is 25.2. The largest absolute Gasteiger partial charge is 0.492 e. The number of hydrogen-bond donors (Lipinski definition) is 0. The summed E-state index contributed by atoms with van der Waals surface area (Å²) in [7, 11) is 1.52. The van der Waals surface area contributed by atoms with Crippen LogP contribution < -0.4 is 15.1 Å². The van der Waals surface area contributed by atoms with Crippen LogP contribution in [0.4, 0.5) is 10.1 Å². The summed E-state index contributed by atoms with van der Waals surface area (Å²) < 4.78 is 28.9. The molecule has 0 N–H and O–H groups in total. The van der Waals surface area contributed by atoms with Gasteiger partial charge in [-0.15, -0.1) is 24.7 Å². The Kier molecular flexibility index (Phi) is 7.15. The van der Waals surface area contributed by atoms with Crippen molar-refractivity contribution in [3.05, 3.63) is 33.9 Å². The standard InChI is InChI=1S/C30H33FN2O4/c1-4-8-19(9-5-2)18-37-30(35)24-17-33(22-12-13-22)26-23(28(24)34)14-25(31)27(29(26)36-3)32-15-20-10-6-7-11-21(20)16-32/h1-2,14,17,19-22H,6-13,15-16,18H2,3H3. The van der Waals surface area contributed by atoms with Crippen LogP contribution in [-0.2, 0) is 4.74 Å². The van der Waals surface area contributed by atoms with Crippen LogP contribution in [0.15, 0.2) is 17.1 Å². The van der Waals surface area contributed by atoms with E-state index in [1.165, 1.54) is 38.9 Å². The maximum atomic E-state index is 15.8. The van der Waals surface area contributed by atoms with Gasteiger partial charge in [0.15, 0.2) is 11.6 Å². The number of carbonyl (C=O) groups excluding carboxylic acids is 1. The van der Waals surface area contributed by atoms with Gasteiger partial charge in [-0.05, 0) is 43.6 Å². The first-order chi connectivity index (χ1) is 18.0. The predicted octanol–water partition coefficient (Wildman–Crippen LogP) is 4.93. The number of benzene rings is 1. The van der Waals surface area contributed by atoms with E-state index >= 15 is 4.39 Å². The van der Waals surface area contributed by atoms with Gasteiger partial charge in [-0.25, -0.2) is 9.18 Å². The van der Waals surface area contributed by atoms with Crippen molar-refractivity contribution in [2.75, 3.05) is 31.7 Å². The number of ether oxygens (including phenoxy) is 2. The number of carbonyl (C=O) groups is 1. The molecule has 1 aliphatic heterocycles. The molecule has 0 amide bonds. The molecule has 2 aliphatic carbocycles. The van der Waals surface area contributed by atoms with Crippen LogP contribution in [-0.4, -0.2) is 37.3 Å². The number of pyridine rings is 1. The molecular formula is C30H33FN2O4. The quantitative estimate of drug-likeness (QED) is 0.377. The Morgan fingerprint density at radius 3 is 2.35 bits per heavy atom. The van der Waals surface area contributed by atoms with Gasteiger partial charge in [0.1, 0.15) is 11.3 Å². The average Bonchev–Trinajstić information content (AvgIpc) is 3.65. The van der Waals surface area contributed by atoms with Gasteiger partial charge in [0.05, 0.1) is 24.6 Å². The summed E-state index contributed by atoms with van der Waals surface area (Å²) in [6.45, 7) is 1.60. The number of terminal acetylenes is 2. The SMILES string of the molecule is C#CCC(CC#C)COC(=O)c1cn(C2CC2)c2c(OC)c(N3CC4CCCCC4C3)c(F)cc2c1=O. The molecule has 2 atom stereocenters. The van der Waals surface area contributed by atoms with Gasteiger partial charge in [0, 0.05) is 44.1 Å². The Balaban J connectivity index is 1.55. The van der Waals surface area contributed by atoms with Gasteiger partial charge in [0.2, 0.25) is 5.43 Å². The number of esters is 1. The maximum Gasteiger partial charge on any atom is 0.343 e. The molecule has 2 unspecified atom stereocenters. The molecule has 7 heteroatoms. The second-order valence-electron chi connectivity index (χ2n) is 10.6. The van der Waals surface area contributed by atoms with Crippen molar-refractivity contribution in [2.45, 2.75) is 57.4 Å². The van der Waals surface area contributed by atoms with E-state index in [1.54, 1.807) is 6.20 Å². The minimum absolute atomic E-state index is 0.0159.